The smallest absolute Gasteiger partial charge is 0.329 e. The Morgan fingerprint density at radius 3 is 2.53 bits per heavy atom. The fourth-order valence-electron chi connectivity index (χ4n) is 2.52. The third kappa shape index (κ3) is 3.04. The van der Waals surface area contributed by atoms with Crippen LogP contribution >= 0.6 is 0 Å². The molecule has 0 saturated carbocycles. The van der Waals surface area contributed by atoms with Gasteiger partial charge in [-0.25, -0.2) is 9.18 Å². The fraction of sp³-hybridized carbons (Fsp3) is 0.500. The average Bonchev–Trinajstić information content (AvgIpc) is 2.31. The Bertz CT molecular complexity index is 472. The van der Waals surface area contributed by atoms with Crippen molar-refractivity contribution in [3.05, 3.63) is 30.1 Å². The van der Waals surface area contributed by atoms with Crippen molar-refractivity contribution in [1.29, 1.82) is 0 Å². The van der Waals surface area contributed by atoms with Gasteiger partial charge in [-0.1, -0.05) is 0 Å². The van der Waals surface area contributed by atoms with E-state index in [-0.39, 0.29) is 5.82 Å². The molecule has 1 aromatic rings. The molecule has 0 aliphatic carbocycles. The second kappa shape index (κ2) is 4.81. The van der Waals surface area contributed by atoms with E-state index < -0.39 is 17.1 Å². The van der Waals surface area contributed by atoms with E-state index in [1.807, 2.05) is 13.8 Å². The van der Waals surface area contributed by atoms with E-state index in [1.54, 1.807) is 12.1 Å². The molecule has 1 aromatic carbocycles. The summed E-state index contributed by atoms with van der Waals surface area (Å²) in [6.07, 6.45) is 0.732. The predicted molar refractivity (Wildman–Crippen MR) is 69.7 cm³/mol. The van der Waals surface area contributed by atoms with Crippen LogP contribution in [0.2, 0.25) is 0 Å². The molecule has 0 bridgehead atoms. The Morgan fingerprint density at radius 1 is 1.37 bits per heavy atom. The number of carboxylic acid groups (broad SMARTS) is 1. The van der Waals surface area contributed by atoms with Crippen molar-refractivity contribution < 1.29 is 19.0 Å². The number of benzene rings is 1. The third-order valence-electron chi connectivity index (χ3n) is 3.39. The van der Waals surface area contributed by atoms with Crippen LogP contribution in [0.25, 0.3) is 0 Å². The fourth-order valence-corrected chi connectivity index (χ4v) is 2.52. The van der Waals surface area contributed by atoms with E-state index in [0.29, 0.717) is 25.1 Å². The Labute approximate surface area is 111 Å². The van der Waals surface area contributed by atoms with E-state index in [2.05, 4.69) is 5.32 Å². The standard InChI is InChI=1S/C14H18FNO3/c1-13(2)9-14(12(17)18,7-8-19-13)16-11-5-3-10(15)4-6-11/h3-6,16H,7-9H2,1-2H3,(H,17,18). The number of carbonyl (C=O) groups is 1. The van der Waals surface area contributed by atoms with Gasteiger partial charge in [-0.2, -0.15) is 0 Å². The van der Waals surface area contributed by atoms with Crippen molar-refractivity contribution in [2.45, 2.75) is 37.8 Å². The molecule has 0 aromatic heterocycles. The molecule has 1 heterocycles. The zero-order valence-electron chi connectivity index (χ0n) is 11.1. The van der Waals surface area contributed by atoms with Gasteiger partial charge in [0.15, 0.2) is 0 Å². The number of carboxylic acids is 1. The van der Waals surface area contributed by atoms with Gasteiger partial charge < -0.3 is 15.2 Å². The van der Waals surface area contributed by atoms with Crippen LogP contribution in [-0.2, 0) is 9.53 Å². The predicted octanol–water partition coefficient (Wildman–Crippen LogP) is 2.65. The highest BCUT2D eigenvalue weighted by molar-refractivity contribution is 5.83. The summed E-state index contributed by atoms with van der Waals surface area (Å²) in [5.41, 5.74) is -0.968. The van der Waals surface area contributed by atoms with E-state index >= 15 is 0 Å². The minimum Gasteiger partial charge on any atom is -0.480 e. The first kappa shape index (κ1) is 13.8. The first-order valence-corrected chi connectivity index (χ1v) is 6.24. The van der Waals surface area contributed by atoms with Crippen molar-refractivity contribution in [3.63, 3.8) is 0 Å². The van der Waals surface area contributed by atoms with Crippen LogP contribution in [-0.4, -0.2) is 28.8 Å². The summed E-state index contributed by atoms with van der Waals surface area (Å²) in [6, 6.07) is 5.70. The lowest BCUT2D eigenvalue weighted by atomic mass is 9.81. The van der Waals surface area contributed by atoms with Gasteiger partial charge in [0.2, 0.25) is 0 Å². The minimum absolute atomic E-state index is 0.345. The third-order valence-corrected chi connectivity index (χ3v) is 3.39. The number of aliphatic carboxylic acids is 1. The topological polar surface area (TPSA) is 58.6 Å². The lowest BCUT2D eigenvalue weighted by molar-refractivity contribution is -0.152. The summed E-state index contributed by atoms with van der Waals surface area (Å²) in [7, 11) is 0. The van der Waals surface area contributed by atoms with Gasteiger partial charge in [0.25, 0.3) is 0 Å². The molecule has 1 aliphatic heterocycles. The number of anilines is 1. The summed E-state index contributed by atoms with van der Waals surface area (Å²) in [4.78, 5) is 11.6. The molecular weight excluding hydrogens is 249 g/mol. The van der Waals surface area contributed by atoms with Crippen LogP contribution in [0, 0.1) is 5.82 Å². The number of hydrogen-bond acceptors (Lipinski definition) is 3. The number of hydrogen-bond donors (Lipinski definition) is 2. The zero-order chi connectivity index (χ0) is 14.1. The number of halogens is 1. The van der Waals surface area contributed by atoms with E-state index in [1.165, 1.54) is 12.1 Å². The Morgan fingerprint density at radius 2 is 2.00 bits per heavy atom. The van der Waals surface area contributed by atoms with Gasteiger partial charge in [0.05, 0.1) is 12.2 Å². The van der Waals surface area contributed by atoms with Crippen LogP contribution < -0.4 is 5.32 Å². The summed E-state index contributed by atoms with van der Waals surface area (Å²) in [5, 5.41) is 12.6. The largest absolute Gasteiger partial charge is 0.480 e. The van der Waals surface area contributed by atoms with Gasteiger partial charge in [-0.3, -0.25) is 0 Å². The summed E-state index contributed by atoms with van der Waals surface area (Å²) < 4.78 is 18.4. The molecule has 5 heteroatoms. The van der Waals surface area contributed by atoms with Crippen LogP contribution in [0.1, 0.15) is 26.7 Å². The summed E-state index contributed by atoms with van der Waals surface area (Å²) in [5.74, 6) is -1.25. The molecule has 0 spiro atoms. The molecule has 1 fully saturated rings. The maximum Gasteiger partial charge on any atom is 0.329 e. The first-order chi connectivity index (χ1) is 8.83. The molecule has 1 saturated heterocycles. The normalized spacial score (nSPS) is 25.8. The van der Waals surface area contributed by atoms with Crippen molar-refractivity contribution in [1.82, 2.24) is 0 Å². The summed E-state index contributed by atoms with van der Waals surface area (Å²) in [6.45, 7) is 4.12. The number of rotatable bonds is 3. The molecule has 104 valence electrons. The van der Waals surface area contributed by atoms with Crippen LogP contribution in [0.5, 0.6) is 0 Å². The lowest BCUT2D eigenvalue weighted by Crippen LogP contribution is -2.55. The van der Waals surface area contributed by atoms with E-state index in [4.69, 9.17) is 4.74 Å². The van der Waals surface area contributed by atoms with E-state index in [9.17, 15) is 14.3 Å². The lowest BCUT2D eigenvalue weighted by Gasteiger charge is -2.43. The first-order valence-electron chi connectivity index (χ1n) is 6.24. The maximum absolute atomic E-state index is 12.9. The molecule has 1 aliphatic rings. The highest BCUT2D eigenvalue weighted by Crippen LogP contribution is 2.35. The van der Waals surface area contributed by atoms with Crippen molar-refractivity contribution >= 4 is 11.7 Å². The van der Waals surface area contributed by atoms with Gasteiger partial charge in [0.1, 0.15) is 11.4 Å². The molecular formula is C14H18FNO3. The number of nitrogens with one attached hydrogen (secondary N) is 1. The number of ether oxygens (including phenoxy) is 1. The Balaban J connectivity index is 2.25. The highest BCUT2D eigenvalue weighted by Gasteiger charge is 2.46. The van der Waals surface area contributed by atoms with Crippen LogP contribution in [0.4, 0.5) is 10.1 Å². The average molecular weight is 267 g/mol. The molecule has 0 amide bonds. The molecule has 2 rings (SSSR count). The quantitative estimate of drug-likeness (QED) is 0.884. The summed E-state index contributed by atoms with van der Waals surface area (Å²) >= 11 is 0. The van der Waals surface area contributed by atoms with Crippen LogP contribution in [0.3, 0.4) is 0 Å². The van der Waals surface area contributed by atoms with Gasteiger partial charge >= 0.3 is 5.97 Å². The molecule has 4 nitrogen and oxygen atoms in total. The van der Waals surface area contributed by atoms with Crippen molar-refractivity contribution in [2.75, 3.05) is 11.9 Å². The van der Waals surface area contributed by atoms with E-state index in [0.717, 1.165) is 0 Å². The van der Waals surface area contributed by atoms with Crippen molar-refractivity contribution in [3.8, 4) is 0 Å². The molecule has 1 atom stereocenters. The Hall–Kier alpha value is -1.62. The second-order valence-electron chi connectivity index (χ2n) is 5.55. The van der Waals surface area contributed by atoms with Crippen molar-refractivity contribution in [2.24, 2.45) is 0 Å². The SMILES string of the molecule is CC1(C)CC(Nc2ccc(F)cc2)(C(=O)O)CCO1. The monoisotopic (exact) mass is 267 g/mol. The molecule has 2 N–H and O–H groups in total. The molecule has 19 heavy (non-hydrogen) atoms. The second-order valence-corrected chi connectivity index (χ2v) is 5.55. The zero-order valence-corrected chi connectivity index (χ0v) is 11.1. The van der Waals surface area contributed by atoms with Gasteiger partial charge in [-0.15, -0.1) is 0 Å². The maximum atomic E-state index is 12.9. The molecule has 0 radical (unpaired) electrons. The minimum atomic E-state index is -1.07. The van der Waals surface area contributed by atoms with Gasteiger partial charge in [0, 0.05) is 18.5 Å². The van der Waals surface area contributed by atoms with Gasteiger partial charge in [-0.05, 0) is 38.1 Å². The Kier molecular flexibility index (Phi) is 3.49. The molecule has 1 unspecified atom stereocenters. The highest BCUT2D eigenvalue weighted by atomic mass is 19.1. The van der Waals surface area contributed by atoms with Crippen LogP contribution in [0.15, 0.2) is 24.3 Å².